The first-order valence-electron chi connectivity index (χ1n) is 4.73. The van der Waals surface area contributed by atoms with E-state index in [2.05, 4.69) is 4.74 Å². The molecule has 0 spiro atoms. The van der Waals surface area contributed by atoms with Gasteiger partial charge in [0.1, 0.15) is 0 Å². The van der Waals surface area contributed by atoms with Crippen molar-refractivity contribution in [3.05, 3.63) is 45.5 Å². The van der Waals surface area contributed by atoms with Crippen LogP contribution >= 0.6 is 0 Å². The van der Waals surface area contributed by atoms with Crippen LogP contribution in [0.15, 0.2) is 24.3 Å². The van der Waals surface area contributed by atoms with Crippen molar-refractivity contribution in [3.8, 4) is 0 Å². The predicted molar refractivity (Wildman–Crippen MR) is 60.6 cm³/mol. The average Bonchev–Trinajstić information content (AvgIpc) is 2.34. The summed E-state index contributed by atoms with van der Waals surface area (Å²) in [6, 6.07) is 3.89. The summed E-state index contributed by atoms with van der Waals surface area (Å²) in [6.07, 6.45) is 2.90. The summed E-state index contributed by atoms with van der Waals surface area (Å²) in [4.78, 5) is 21.4. The van der Waals surface area contributed by atoms with E-state index in [4.69, 9.17) is 5.11 Å². The second-order valence-electron chi connectivity index (χ2n) is 3.15. The third-order valence-corrected chi connectivity index (χ3v) is 1.99. The molecule has 17 heavy (non-hydrogen) atoms. The second kappa shape index (κ2) is 5.76. The average molecular weight is 237 g/mol. The Morgan fingerprint density at radius 3 is 2.76 bits per heavy atom. The van der Waals surface area contributed by atoms with Gasteiger partial charge in [0, 0.05) is 12.1 Å². The summed E-state index contributed by atoms with van der Waals surface area (Å²) in [5.41, 5.74) is 0.346. The predicted octanol–water partition coefficient (Wildman–Crippen LogP) is 1.39. The molecule has 0 unspecified atom stereocenters. The maximum atomic E-state index is 11.3. The summed E-state index contributed by atoms with van der Waals surface area (Å²) in [5.74, 6) is -0.646. The van der Waals surface area contributed by atoms with E-state index in [-0.39, 0.29) is 17.9 Å². The fourth-order valence-corrected chi connectivity index (χ4v) is 1.26. The lowest BCUT2D eigenvalue weighted by molar-refractivity contribution is -0.384. The minimum atomic E-state index is -0.646. The van der Waals surface area contributed by atoms with E-state index in [1.54, 1.807) is 0 Å². The molecule has 0 atom stereocenters. The molecule has 1 rings (SSSR count). The summed E-state index contributed by atoms with van der Waals surface area (Å²) in [6.45, 7) is -0.184. The van der Waals surface area contributed by atoms with Gasteiger partial charge in [-0.3, -0.25) is 10.1 Å². The molecule has 0 radical (unpaired) electrons. The third-order valence-electron chi connectivity index (χ3n) is 1.99. The van der Waals surface area contributed by atoms with Crippen LogP contribution in [-0.2, 0) is 4.74 Å². The largest absolute Gasteiger partial charge is 0.465 e. The highest BCUT2D eigenvalue weighted by Gasteiger charge is 2.13. The second-order valence-corrected chi connectivity index (χ2v) is 3.15. The molecule has 0 amide bonds. The first-order valence-corrected chi connectivity index (χ1v) is 4.73. The van der Waals surface area contributed by atoms with Gasteiger partial charge in [-0.2, -0.15) is 0 Å². The minimum absolute atomic E-state index is 0.0966. The minimum Gasteiger partial charge on any atom is -0.465 e. The molecule has 0 fully saturated rings. The fraction of sp³-hybridized carbons (Fsp3) is 0.182. The number of ether oxygens (including phenoxy) is 1. The van der Waals surface area contributed by atoms with E-state index in [1.807, 2.05) is 0 Å². The molecule has 0 bridgehead atoms. The van der Waals surface area contributed by atoms with Gasteiger partial charge in [0.15, 0.2) is 0 Å². The number of carbonyl (C=O) groups excluding carboxylic acids is 1. The van der Waals surface area contributed by atoms with Crippen LogP contribution in [0.5, 0.6) is 0 Å². The van der Waals surface area contributed by atoms with E-state index >= 15 is 0 Å². The first-order chi connectivity index (χ1) is 8.08. The molecule has 0 saturated heterocycles. The van der Waals surface area contributed by atoms with Crippen LogP contribution in [-0.4, -0.2) is 29.7 Å². The highest BCUT2D eigenvalue weighted by molar-refractivity contribution is 5.91. The molecule has 1 aromatic rings. The molecular weight excluding hydrogens is 226 g/mol. The zero-order valence-electron chi connectivity index (χ0n) is 9.12. The molecule has 0 saturated carbocycles. The third kappa shape index (κ3) is 3.39. The molecule has 0 aliphatic heterocycles. The molecule has 0 aliphatic carbocycles. The van der Waals surface area contributed by atoms with Crippen molar-refractivity contribution < 1.29 is 19.6 Å². The Morgan fingerprint density at radius 1 is 1.53 bits per heavy atom. The number of hydrogen-bond acceptors (Lipinski definition) is 5. The number of non-ortho nitro benzene ring substituents is 1. The lowest BCUT2D eigenvalue weighted by atomic mass is 10.1. The lowest BCUT2D eigenvalue weighted by Gasteiger charge is -2.01. The number of nitrogens with zero attached hydrogens (tertiary/aromatic N) is 1. The Balaban J connectivity index is 3.23. The summed E-state index contributed by atoms with van der Waals surface area (Å²) in [5, 5.41) is 19.3. The molecule has 6 nitrogen and oxygen atoms in total. The van der Waals surface area contributed by atoms with Crippen LogP contribution in [0, 0.1) is 10.1 Å². The SMILES string of the molecule is COC(=O)c1cc(C=CCO)cc([N+](=O)[O-])c1. The smallest absolute Gasteiger partial charge is 0.338 e. The number of benzene rings is 1. The van der Waals surface area contributed by atoms with E-state index < -0.39 is 10.9 Å². The Bertz CT molecular complexity index is 467. The number of rotatable bonds is 4. The van der Waals surface area contributed by atoms with Crippen LogP contribution in [0.2, 0.25) is 0 Å². The van der Waals surface area contributed by atoms with E-state index in [9.17, 15) is 14.9 Å². The molecular formula is C11H11NO5. The zero-order valence-corrected chi connectivity index (χ0v) is 9.12. The topological polar surface area (TPSA) is 89.7 Å². The van der Waals surface area contributed by atoms with E-state index in [0.717, 1.165) is 6.07 Å². The highest BCUT2D eigenvalue weighted by atomic mass is 16.6. The summed E-state index contributed by atoms with van der Waals surface area (Å²) >= 11 is 0. The quantitative estimate of drug-likeness (QED) is 0.485. The van der Waals surface area contributed by atoms with Gasteiger partial charge in [0.05, 0.1) is 24.2 Å². The molecule has 1 N–H and O–H groups in total. The number of methoxy groups -OCH3 is 1. The normalized spacial score (nSPS) is 10.5. The van der Waals surface area contributed by atoms with Crippen molar-refractivity contribution in [1.29, 1.82) is 0 Å². The van der Waals surface area contributed by atoms with Gasteiger partial charge < -0.3 is 9.84 Å². The molecule has 0 aromatic heterocycles. The molecule has 0 heterocycles. The van der Waals surface area contributed by atoms with Crippen molar-refractivity contribution in [2.45, 2.75) is 0 Å². The highest BCUT2D eigenvalue weighted by Crippen LogP contribution is 2.19. The number of nitro groups is 1. The van der Waals surface area contributed by atoms with Gasteiger partial charge in [-0.25, -0.2) is 4.79 Å². The van der Waals surface area contributed by atoms with Crippen LogP contribution in [0.3, 0.4) is 0 Å². The Hall–Kier alpha value is -2.21. The van der Waals surface area contributed by atoms with Crippen LogP contribution in [0.1, 0.15) is 15.9 Å². The van der Waals surface area contributed by atoms with Gasteiger partial charge in [-0.1, -0.05) is 12.2 Å². The number of esters is 1. The first kappa shape index (κ1) is 12.9. The number of aliphatic hydroxyl groups excluding tert-OH is 1. The van der Waals surface area contributed by atoms with E-state index in [0.29, 0.717) is 5.56 Å². The number of hydrogen-bond donors (Lipinski definition) is 1. The van der Waals surface area contributed by atoms with Crippen molar-refractivity contribution in [2.75, 3.05) is 13.7 Å². The monoisotopic (exact) mass is 237 g/mol. The Labute approximate surface area is 97.3 Å². The molecule has 1 aromatic carbocycles. The summed E-state index contributed by atoms with van der Waals surface area (Å²) < 4.78 is 4.50. The fourth-order valence-electron chi connectivity index (χ4n) is 1.26. The maximum absolute atomic E-state index is 11.3. The van der Waals surface area contributed by atoms with Crippen LogP contribution in [0.4, 0.5) is 5.69 Å². The van der Waals surface area contributed by atoms with Gasteiger partial charge in [0.25, 0.3) is 5.69 Å². The van der Waals surface area contributed by atoms with Crippen molar-refractivity contribution in [2.24, 2.45) is 0 Å². The van der Waals surface area contributed by atoms with Crippen molar-refractivity contribution in [3.63, 3.8) is 0 Å². The lowest BCUT2D eigenvalue weighted by Crippen LogP contribution is -2.02. The molecule has 90 valence electrons. The molecule has 6 heteroatoms. The van der Waals surface area contributed by atoms with Gasteiger partial charge in [-0.05, 0) is 11.6 Å². The van der Waals surface area contributed by atoms with Crippen LogP contribution in [0.25, 0.3) is 6.08 Å². The van der Waals surface area contributed by atoms with E-state index in [1.165, 1.54) is 31.4 Å². The standard InChI is InChI=1S/C11H11NO5/c1-17-11(14)9-5-8(3-2-4-13)6-10(7-9)12(15)16/h2-3,5-7,13H,4H2,1H3. The van der Waals surface area contributed by atoms with Gasteiger partial charge in [0.2, 0.25) is 0 Å². The number of carbonyl (C=O) groups is 1. The van der Waals surface area contributed by atoms with Crippen molar-refractivity contribution >= 4 is 17.7 Å². The summed E-state index contributed by atoms with van der Waals surface area (Å²) in [7, 11) is 1.20. The van der Waals surface area contributed by atoms with Crippen molar-refractivity contribution in [1.82, 2.24) is 0 Å². The maximum Gasteiger partial charge on any atom is 0.338 e. The van der Waals surface area contributed by atoms with Gasteiger partial charge in [-0.15, -0.1) is 0 Å². The van der Waals surface area contributed by atoms with Gasteiger partial charge >= 0.3 is 5.97 Å². The molecule has 0 aliphatic rings. The Morgan fingerprint density at radius 2 is 2.24 bits per heavy atom. The Kier molecular flexibility index (Phi) is 4.36. The zero-order chi connectivity index (χ0) is 12.8. The van der Waals surface area contributed by atoms with Crippen LogP contribution < -0.4 is 0 Å². The number of nitro benzene ring substituents is 1. The number of aliphatic hydroxyl groups is 1.